The summed E-state index contributed by atoms with van der Waals surface area (Å²) < 4.78 is 41.0. The lowest BCUT2D eigenvalue weighted by molar-refractivity contribution is -0.136. The van der Waals surface area contributed by atoms with Crippen molar-refractivity contribution in [2.45, 2.75) is 23.9 Å². The van der Waals surface area contributed by atoms with Gasteiger partial charge in [-0.3, -0.25) is 4.79 Å². The molecule has 0 spiro atoms. The van der Waals surface area contributed by atoms with E-state index in [1.54, 1.807) is 35.2 Å². The number of halogens is 2. The molecule has 6 nitrogen and oxygen atoms in total. The molecule has 0 aromatic heterocycles. The number of sulfonamides is 1. The molecule has 9 heteroatoms. The van der Waals surface area contributed by atoms with E-state index in [9.17, 15) is 17.6 Å². The smallest absolute Gasteiger partial charge is 0.241 e. The molecule has 0 bridgehead atoms. The number of nitrogens with zero attached hydrogens (tertiary/aromatic N) is 1. The molecule has 1 amide bonds. The van der Waals surface area contributed by atoms with Gasteiger partial charge in [-0.2, -0.15) is 4.72 Å². The Balaban J connectivity index is 0.00000280. The Morgan fingerprint density at radius 3 is 2.61 bits per heavy atom. The van der Waals surface area contributed by atoms with Crippen molar-refractivity contribution in [2.75, 3.05) is 19.6 Å². The fraction of sp³-hybridized carbons (Fsp3) is 0.316. The van der Waals surface area contributed by atoms with Crippen molar-refractivity contribution in [3.05, 3.63) is 66.0 Å². The second-order valence-corrected chi connectivity index (χ2v) is 8.18. The van der Waals surface area contributed by atoms with E-state index in [0.717, 1.165) is 0 Å². The van der Waals surface area contributed by atoms with Gasteiger partial charge in [-0.25, -0.2) is 12.8 Å². The van der Waals surface area contributed by atoms with Gasteiger partial charge < -0.3 is 10.2 Å². The van der Waals surface area contributed by atoms with Crippen molar-refractivity contribution in [1.82, 2.24) is 14.9 Å². The number of hydrogen-bond acceptors (Lipinski definition) is 4. The zero-order chi connectivity index (χ0) is 19.4. The first-order valence-electron chi connectivity index (χ1n) is 8.72. The number of hydrogen-bond donors (Lipinski definition) is 2. The quantitative estimate of drug-likeness (QED) is 0.765. The summed E-state index contributed by atoms with van der Waals surface area (Å²) in [5.74, 6) is -0.714. The monoisotopic (exact) mass is 427 g/mol. The zero-order valence-corrected chi connectivity index (χ0v) is 17.0. The molecule has 2 unspecified atom stereocenters. The largest absolute Gasteiger partial charge is 0.332 e. The van der Waals surface area contributed by atoms with Crippen LogP contribution in [-0.4, -0.2) is 44.9 Å². The molecule has 1 aliphatic rings. The van der Waals surface area contributed by atoms with Crippen molar-refractivity contribution < 1.29 is 17.6 Å². The molecular weight excluding hydrogens is 405 g/mol. The lowest BCUT2D eigenvalue weighted by Gasteiger charge is -2.38. The second kappa shape index (κ2) is 9.47. The summed E-state index contributed by atoms with van der Waals surface area (Å²) in [6, 6.07) is 12.7. The summed E-state index contributed by atoms with van der Waals surface area (Å²) in [7, 11) is -3.81. The number of benzene rings is 2. The average Bonchev–Trinajstić information content (AvgIpc) is 2.68. The van der Waals surface area contributed by atoms with Gasteiger partial charge in [0.2, 0.25) is 15.9 Å². The molecule has 2 atom stereocenters. The van der Waals surface area contributed by atoms with Crippen LogP contribution in [-0.2, 0) is 14.8 Å². The van der Waals surface area contributed by atoms with Gasteiger partial charge >= 0.3 is 0 Å². The average molecular weight is 428 g/mol. The maximum atomic E-state index is 13.6. The standard InChI is InChI=1S/C19H22FN3O3S.ClH/c1-14(22-27(25,26)17-8-3-2-4-9-17)19(24)23-11-10-21-13-18(23)15-6-5-7-16(20)12-15;/h2-9,12,14,18,21-22H,10-11,13H2,1H3;1H. The molecule has 2 aromatic rings. The SMILES string of the molecule is CC(NS(=O)(=O)c1ccccc1)C(=O)N1CCNCC1c1cccc(F)c1.Cl. The number of amides is 1. The summed E-state index contributed by atoms with van der Waals surface area (Å²) >= 11 is 0. The lowest BCUT2D eigenvalue weighted by Crippen LogP contribution is -2.54. The van der Waals surface area contributed by atoms with Gasteiger partial charge in [0.25, 0.3) is 0 Å². The number of piperazine rings is 1. The van der Waals surface area contributed by atoms with E-state index in [1.807, 2.05) is 0 Å². The van der Waals surface area contributed by atoms with Gasteiger partial charge in [-0.15, -0.1) is 12.4 Å². The molecule has 1 aliphatic heterocycles. The molecule has 1 fully saturated rings. The number of nitrogens with one attached hydrogen (secondary N) is 2. The van der Waals surface area contributed by atoms with Crippen molar-refractivity contribution >= 4 is 28.3 Å². The van der Waals surface area contributed by atoms with Crippen LogP contribution < -0.4 is 10.0 Å². The Bertz CT molecular complexity index is 912. The molecule has 28 heavy (non-hydrogen) atoms. The topological polar surface area (TPSA) is 78.5 Å². The van der Waals surface area contributed by atoms with Crippen LogP contribution in [0.1, 0.15) is 18.5 Å². The minimum Gasteiger partial charge on any atom is -0.332 e. The summed E-state index contributed by atoms with van der Waals surface area (Å²) in [6.45, 7) is 3.01. The zero-order valence-electron chi connectivity index (χ0n) is 15.3. The summed E-state index contributed by atoms with van der Waals surface area (Å²) in [6.07, 6.45) is 0. The van der Waals surface area contributed by atoms with Crippen molar-refractivity contribution in [1.29, 1.82) is 0 Å². The Kier molecular flexibility index (Phi) is 7.54. The Morgan fingerprint density at radius 2 is 1.93 bits per heavy atom. The fourth-order valence-electron chi connectivity index (χ4n) is 3.18. The molecule has 1 heterocycles. The van der Waals surface area contributed by atoms with E-state index < -0.39 is 16.1 Å². The predicted octanol–water partition coefficient (Wildman–Crippen LogP) is 2.09. The van der Waals surface area contributed by atoms with E-state index in [0.29, 0.717) is 25.2 Å². The molecule has 2 N–H and O–H groups in total. The summed E-state index contributed by atoms with van der Waals surface area (Å²) in [5, 5.41) is 3.20. The van der Waals surface area contributed by atoms with Crippen LogP contribution >= 0.6 is 12.4 Å². The maximum Gasteiger partial charge on any atom is 0.241 e. The third-order valence-electron chi connectivity index (χ3n) is 4.52. The van der Waals surface area contributed by atoms with E-state index in [-0.39, 0.29) is 35.1 Å². The van der Waals surface area contributed by atoms with Crippen LogP contribution in [0.25, 0.3) is 0 Å². The van der Waals surface area contributed by atoms with Gasteiger partial charge in [0.1, 0.15) is 5.82 Å². The van der Waals surface area contributed by atoms with Gasteiger partial charge in [0, 0.05) is 19.6 Å². The highest BCUT2D eigenvalue weighted by Crippen LogP contribution is 2.24. The first kappa shape index (κ1) is 22.3. The van der Waals surface area contributed by atoms with Crippen LogP contribution in [0.15, 0.2) is 59.5 Å². The number of carbonyl (C=O) groups is 1. The third-order valence-corrected chi connectivity index (χ3v) is 6.07. The van der Waals surface area contributed by atoms with Crippen LogP contribution in [0.5, 0.6) is 0 Å². The Hall–Kier alpha value is -2.00. The highest BCUT2D eigenvalue weighted by Gasteiger charge is 2.32. The van der Waals surface area contributed by atoms with E-state index in [1.165, 1.54) is 31.2 Å². The third kappa shape index (κ3) is 5.08. The number of carbonyl (C=O) groups excluding carboxylic acids is 1. The number of rotatable bonds is 5. The lowest BCUT2D eigenvalue weighted by atomic mass is 10.0. The normalized spacial score (nSPS) is 18.2. The van der Waals surface area contributed by atoms with Gasteiger partial charge in [-0.1, -0.05) is 30.3 Å². The Morgan fingerprint density at radius 1 is 1.21 bits per heavy atom. The Labute approximate surface area is 170 Å². The fourth-order valence-corrected chi connectivity index (χ4v) is 4.40. The van der Waals surface area contributed by atoms with E-state index in [2.05, 4.69) is 10.0 Å². The molecular formula is C19H23ClFN3O3S. The molecule has 3 rings (SSSR count). The van der Waals surface area contributed by atoms with Crippen molar-refractivity contribution in [3.8, 4) is 0 Å². The van der Waals surface area contributed by atoms with Crippen molar-refractivity contribution in [3.63, 3.8) is 0 Å². The summed E-state index contributed by atoms with van der Waals surface area (Å²) in [5.41, 5.74) is 0.675. The predicted molar refractivity (Wildman–Crippen MR) is 107 cm³/mol. The molecule has 0 radical (unpaired) electrons. The first-order chi connectivity index (χ1) is 12.9. The van der Waals surface area contributed by atoms with Crippen LogP contribution in [0, 0.1) is 5.82 Å². The summed E-state index contributed by atoms with van der Waals surface area (Å²) in [4.78, 5) is 14.7. The highest BCUT2D eigenvalue weighted by molar-refractivity contribution is 7.89. The minimum atomic E-state index is -3.81. The van der Waals surface area contributed by atoms with Crippen LogP contribution in [0.3, 0.4) is 0 Å². The van der Waals surface area contributed by atoms with Crippen molar-refractivity contribution in [2.24, 2.45) is 0 Å². The second-order valence-electron chi connectivity index (χ2n) is 6.46. The molecule has 2 aromatic carbocycles. The maximum absolute atomic E-state index is 13.6. The minimum absolute atomic E-state index is 0. The van der Waals surface area contributed by atoms with Gasteiger partial charge in [-0.05, 0) is 36.8 Å². The van der Waals surface area contributed by atoms with E-state index in [4.69, 9.17) is 0 Å². The molecule has 1 saturated heterocycles. The van der Waals surface area contributed by atoms with Crippen LogP contribution in [0.2, 0.25) is 0 Å². The molecule has 0 saturated carbocycles. The molecule has 0 aliphatic carbocycles. The first-order valence-corrected chi connectivity index (χ1v) is 10.2. The highest BCUT2D eigenvalue weighted by atomic mass is 35.5. The molecule has 152 valence electrons. The van der Waals surface area contributed by atoms with Gasteiger partial charge in [0.05, 0.1) is 17.0 Å². The van der Waals surface area contributed by atoms with E-state index >= 15 is 0 Å². The van der Waals surface area contributed by atoms with Crippen LogP contribution in [0.4, 0.5) is 4.39 Å². The van der Waals surface area contributed by atoms with Gasteiger partial charge in [0.15, 0.2) is 0 Å².